The number of hydrogen-bond donors (Lipinski definition) is 0. The van der Waals surface area contributed by atoms with Crippen molar-refractivity contribution in [2.75, 3.05) is 0 Å². The molecule has 0 spiro atoms. The van der Waals surface area contributed by atoms with Gasteiger partial charge in [0, 0.05) is 4.47 Å². The minimum atomic E-state index is 1.10. The van der Waals surface area contributed by atoms with E-state index in [9.17, 15) is 0 Å². The van der Waals surface area contributed by atoms with Crippen molar-refractivity contribution < 1.29 is 0 Å². The van der Waals surface area contributed by atoms with Gasteiger partial charge < -0.3 is 0 Å². The van der Waals surface area contributed by atoms with E-state index in [4.69, 9.17) is 0 Å². The van der Waals surface area contributed by atoms with Crippen molar-refractivity contribution in [2.24, 2.45) is 0 Å². The van der Waals surface area contributed by atoms with Crippen LogP contribution in [0.2, 0.25) is 0 Å². The lowest BCUT2D eigenvalue weighted by molar-refractivity contribution is 1.58. The molecule has 74 valence electrons. The van der Waals surface area contributed by atoms with Crippen LogP contribution in [-0.2, 0) is 0 Å². The van der Waals surface area contributed by atoms with E-state index in [1.165, 1.54) is 11.1 Å². The molecule has 0 atom stereocenters. The Morgan fingerprint density at radius 3 is 2.27 bits per heavy atom. The molecule has 0 aliphatic carbocycles. The van der Waals surface area contributed by atoms with Gasteiger partial charge in [0.05, 0.1) is 0 Å². The standard InChI is InChI=1S/C14H11Br/c1-2-11-6-8-12(9-7-11)13-4-3-5-14(15)10-13/h2-10H,1H2. The van der Waals surface area contributed by atoms with Crippen LogP contribution in [0, 0.1) is 0 Å². The molecule has 15 heavy (non-hydrogen) atoms. The Morgan fingerprint density at radius 2 is 1.67 bits per heavy atom. The molecule has 2 aromatic carbocycles. The van der Waals surface area contributed by atoms with Gasteiger partial charge in [-0.15, -0.1) is 0 Å². The van der Waals surface area contributed by atoms with Gasteiger partial charge in [-0.1, -0.05) is 65.0 Å². The third-order valence-corrected chi connectivity index (χ3v) is 2.80. The predicted molar refractivity (Wildman–Crippen MR) is 69.7 cm³/mol. The summed E-state index contributed by atoms with van der Waals surface area (Å²) in [7, 11) is 0. The maximum Gasteiger partial charge on any atom is 0.0181 e. The van der Waals surface area contributed by atoms with Gasteiger partial charge in [0.15, 0.2) is 0 Å². The van der Waals surface area contributed by atoms with Crippen LogP contribution in [0.3, 0.4) is 0 Å². The average Bonchev–Trinajstić information content (AvgIpc) is 2.29. The molecule has 0 unspecified atom stereocenters. The summed E-state index contributed by atoms with van der Waals surface area (Å²) >= 11 is 3.47. The predicted octanol–water partition coefficient (Wildman–Crippen LogP) is 4.76. The Hall–Kier alpha value is -1.34. The lowest BCUT2D eigenvalue weighted by Crippen LogP contribution is -1.78. The van der Waals surface area contributed by atoms with Crippen LogP contribution in [-0.4, -0.2) is 0 Å². The van der Waals surface area contributed by atoms with Crippen LogP contribution < -0.4 is 0 Å². The van der Waals surface area contributed by atoms with Crippen molar-refractivity contribution in [3.63, 3.8) is 0 Å². The van der Waals surface area contributed by atoms with E-state index in [2.05, 4.69) is 58.9 Å². The first-order valence-electron chi connectivity index (χ1n) is 4.78. The van der Waals surface area contributed by atoms with Crippen molar-refractivity contribution in [1.29, 1.82) is 0 Å². The van der Waals surface area contributed by atoms with Crippen molar-refractivity contribution >= 4 is 22.0 Å². The first kappa shape index (κ1) is 10.2. The highest BCUT2D eigenvalue weighted by Crippen LogP contribution is 2.23. The number of rotatable bonds is 2. The lowest BCUT2D eigenvalue weighted by atomic mass is 10.0. The second-order valence-corrected chi connectivity index (χ2v) is 4.25. The third kappa shape index (κ3) is 2.37. The summed E-state index contributed by atoms with van der Waals surface area (Å²) in [5, 5.41) is 0. The van der Waals surface area contributed by atoms with Gasteiger partial charge in [0.1, 0.15) is 0 Å². The van der Waals surface area contributed by atoms with Gasteiger partial charge in [0.2, 0.25) is 0 Å². The molecule has 0 aliphatic heterocycles. The highest BCUT2D eigenvalue weighted by molar-refractivity contribution is 9.10. The molecule has 0 saturated heterocycles. The topological polar surface area (TPSA) is 0 Å². The monoisotopic (exact) mass is 258 g/mol. The SMILES string of the molecule is C=Cc1ccc(-c2cccc(Br)c2)cc1. The Kier molecular flexibility index (Phi) is 3.02. The minimum absolute atomic E-state index is 1.10. The van der Waals surface area contributed by atoms with Crippen LogP contribution in [0.15, 0.2) is 59.6 Å². The molecule has 0 nitrogen and oxygen atoms in total. The molecule has 0 aliphatic rings. The average molecular weight is 259 g/mol. The first-order valence-corrected chi connectivity index (χ1v) is 5.57. The second-order valence-electron chi connectivity index (χ2n) is 3.34. The largest absolute Gasteiger partial charge is 0.0985 e. The maximum atomic E-state index is 3.74. The smallest absolute Gasteiger partial charge is 0.0181 e. The lowest BCUT2D eigenvalue weighted by Gasteiger charge is -2.02. The first-order chi connectivity index (χ1) is 7.29. The van der Waals surface area contributed by atoms with E-state index in [0.29, 0.717) is 0 Å². The summed E-state index contributed by atoms with van der Waals surface area (Å²) < 4.78 is 1.10. The minimum Gasteiger partial charge on any atom is -0.0985 e. The zero-order valence-corrected chi connectivity index (χ0v) is 9.87. The van der Waals surface area contributed by atoms with Gasteiger partial charge >= 0.3 is 0 Å². The summed E-state index contributed by atoms with van der Waals surface area (Å²) in [6.45, 7) is 3.74. The van der Waals surface area contributed by atoms with Gasteiger partial charge in [-0.25, -0.2) is 0 Å². The molecule has 0 fully saturated rings. The molecular weight excluding hydrogens is 248 g/mol. The highest BCUT2D eigenvalue weighted by atomic mass is 79.9. The van der Waals surface area contributed by atoms with Crippen LogP contribution in [0.4, 0.5) is 0 Å². The van der Waals surface area contributed by atoms with E-state index in [1.807, 2.05) is 18.2 Å². The molecule has 0 radical (unpaired) electrons. The molecule has 0 bridgehead atoms. The molecule has 0 N–H and O–H groups in total. The molecule has 0 heterocycles. The summed E-state index contributed by atoms with van der Waals surface area (Å²) in [4.78, 5) is 0. The second kappa shape index (κ2) is 4.45. The normalized spacial score (nSPS) is 9.93. The van der Waals surface area contributed by atoms with Gasteiger partial charge in [0.25, 0.3) is 0 Å². The molecule has 0 amide bonds. The van der Waals surface area contributed by atoms with E-state index in [-0.39, 0.29) is 0 Å². The third-order valence-electron chi connectivity index (χ3n) is 2.30. The quantitative estimate of drug-likeness (QED) is 0.729. The molecule has 0 aromatic heterocycles. The molecule has 2 aromatic rings. The van der Waals surface area contributed by atoms with Crippen LogP contribution in [0.5, 0.6) is 0 Å². The Morgan fingerprint density at radius 1 is 0.933 bits per heavy atom. The van der Waals surface area contributed by atoms with E-state index < -0.39 is 0 Å². The van der Waals surface area contributed by atoms with Crippen molar-refractivity contribution in [3.8, 4) is 11.1 Å². The zero-order chi connectivity index (χ0) is 10.7. The molecule has 2 rings (SSSR count). The van der Waals surface area contributed by atoms with E-state index in [0.717, 1.165) is 10.0 Å². The number of hydrogen-bond acceptors (Lipinski definition) is 0. The maximum absolute atomic E-state index is 3.74. The van der Waals surface area contributed by atoms with Gasteiger partial charge in [-0.3, -0.25) is 0 Å². The summed E-state index contributed by atoms with van der Waals surface area (Å²) in [5.41, 5.74) is 3.59. The Labute approximate surface area is 98.4 Å². The van der Waals surface area contributed by atoms with Gasteiger partial charge in [-0.2, -0.15) is 0 Å². The molecular formula is C14H11Br. The fraction of sp³-hybridized carbons (Fsp3) is 0. The van der Waals surface area contributed by atoms with Crippen LogP contribution in [0.1, 0.15) is 5.56 Å². The fourth-order valence-electron chi connectivity index (χ4n) is 1.48. The summed E-state index contributed by atoms with van der Waals surface area (Å²) in [5.74, 6) is 0. The summed E-state index contributed by atoms with van der Waals surface area (Å²) in [6, 6.07) is 16.7. The van der Waals surface area contributed by atoms with Gasteiger partial charge in [-0.05, 0) is 28.8 Å². The zero-order valence-electron chi connectivity index (χ0n) is 8.28. The molecule has 0 saturated carbocycles. The Bertz CT molecular complexity index is 469. The van der Waals surface area contributed by atoms with Crippen molar-refractivity contribution in [1.82, 2.24) is 0 Å². The van der Waals surface area contributed by atoms with E-state index >= 15 is 0 Å². The van der Waals surface area contributed by atoms with E-state index in [1.54, 1.807) is 0 Å². The fourth-order valence-corrected chi connectivity index (χ4v) is 1.88. The highest BCUT2D eigenvalue weighted by Gasteiger charge is 1.97. The number of benzene rings is 2. The Balaban J connectivity index is 2.41. The number of halogens is 1. The van der Waals surface area contributed by atoms with Crippen molar-refractivity contribution in [2.45, 2.75) is 0 Å². The molecule has 1 heteroatoms. The van der Waals surface area contributed by atoms with Crippen molar-refractivity contribution in [3.05, 3.63) is 65.1 Å². The van der Waals surface area contributed by atoms with Crippen LogP contribution >= 0.6 is 15.9 Å². The summed E-state index contributed by atoms with van der Waals surface area (Å²) in [6.07, 6.45) is 1.85. The van der Waals surface area contributed by atoms with Crippen LogP contribution in [0.25, 0.3) is 17.2 Å².